The van der Waals surface area contributed by atoms with Crippen LogP contribution in [0.3, 0.4) is 0 Å². The zero-order valence-corrected chi connectivity index (χ0v) is 14.1. The second-order valence-electron chi connectivity index (χ2n) is 6.00. The lowest BCUT2D eigenvalue weighted by atomic mass is 10.0. The highest BCUT2D eigenvalue weighted by molar-refractivity contribution is 7.99. The van der Waals surface area contributed by atoms with Crippen LogP contribution < -0.4 is 0 Å². The van der Waals surface area contributed by atoms with E-state index >= 15 is 0 Å². The Hall–Kier alpha value is -2.27. The van der Waals surface area contributed by atoms with Crippen molar-refractivity contribution in [1.82, 2.24) is 14.9 Å². The normalized spacial score (nSPS) is 17.5. The van der Waals surface area contributed by atoms with E-state index in [1.54, 1.807) is 0 Å². The standard InChI is InChI=1S/C19H19N3OS/c23-18(13-24-19-20-15-9-4-5-10-16(15)21-19)22-12-6-11-17(22)14-7-2-1-3-8-14/h1-5,7-10,17H,6,11-13H2,(H,20,21). The maximum absolute atomic E-state index is 12.7. The molecule has 2 aromatic carbocycles. The van der Waals surface area contributed by atoms with Gasteiger partial charge in [0.2, 0.25) is 5.91 Å². The molecule has 1 N–H and O–H groups in total. The molecule has 4 nitrogen and oxygen atoms in total. The number of nitrogens with one attached hydrogen (secondary N) is 1. The van der Waals surface area contributed by atoms with E-state index in [4.69, 9.17) is 0 Å². The van der Waals surface area contributed by atoms with Gasteiger partial charge < -0.3 is 9.88 Å². The Bertz CT molecular complexity index is 813. The molecular weight excluding hydrogens is 318 g/mol. The summed E-state index contributed by atoms with van der Waals surface area (Å²) in [6.07, 6.45) is 2.12. The fourth-order valence-electron chi connectivity index (χ4n) is 3.30. The Labute approximate surface area is 145 Å². The van der Waals surface area contributed by atoms with Crippen LogP contribution in [0, 0.1) is 0 Å². The van der Waals surface area contributed by atoms with Crippen molar-refractivity contribution in [2.24, 2.45) is 0 Å². The number of hydrogen-bond donors (Lipinski definition) is 1. The summed E-state index contributed by atoms with van der Waals surface area (Å²) < 4.78 is 0. The van der Waals surface area contributed by atoms with Crippen LogP contribution >= 0.6 is 11.8 Å². The van der Waals surface area contributed by atoms with Crippen molar-refractivity contribution in [1.29, 1.82) is 0 Å². The van der Waals surface area contributed by atoms with Crippen LogP contribution in [0.4, 0.5) is 0 Å². The highest BCUT2D eigenvalue weighted by atomic mass is 32.2. The quantitative estimate of drug-likeness (QED) is 0.732. The Balaban J connectivity index is 1.43. The Kier molecular flexibility index (Phi) is 4.26. The van der Waals surface area contributed by atoms with E-state index in [1.165, 1.54) is 17.3 Å². The first-order chi connectivity index (χ1) is 11.8. The number of thioether (sulfide) groups is 1. The third-order valence-electron chi connectivity index (χ3n) is 4.46. The second-order valence-corrected chi connectivity index (χ2v) is 6.97. The molecular formula is C19H19N3OS. The van der Waals surface area contributed by atoms with Crippen LogP contribution in [0.5, 0.6) is 0 Å². The summed E-state index contributed by atoms with van der Waals surface area (Å²) in [4.78, 5) is 22.5. The molecule has 1 aliphatic heterocycles. The number of aromatic nitrogens is 2. The molecule has 1 unspecified atom stereocenters. The average molecular weight is 337 g/mol. The number of fused-ring (bicyclic) bond motifs is 1. The number of rotatable bonds is 4. The van der Waals surface area contributed by atoms with Gasteiger partial charge in [0.1, 0.15) is 0 Å². The number of amides is 1. The number of hydrogen-bond acceptors (Lipinski definition) is 3. The Morgan fingerprint density at radius 2 is 1.96 bits per heavy atom. The number of benzene rings is 2. The van der Waals surface area contributed by atoms with Crippen molar-refractivity contribution < 1.29 is 4.79 Å². The van der Waals surface area contributed by atoms with Crippen molar-refractivity contribution in [3.05, 3.63) is 60.2 Å². The zero-order valence-electron chi connectivity index (χ0n) is 13.3. The summed E-state index contributed by atoms with van der Waals surface area (Å²) in [5.74, 6) is 0.607. The van der Waals surface area contributed by atoms with Gasteiger partial charge in [-0.1, -0.05) is 54.2 Å². The van der Waals surface area contributed by atoms with E-state index < -0.39 is 0 Å². The van der Waals surface area contributed by atoms with Crippen LogP contribution in [0.15, 0.2) is 59.8 Å². The molecule has 1 fully saturated rings. The minimum atomic E-state index is 0.187. The van der Waals surface area contributed by atoms with E-state index in [1.807, 2.05) is 47.4 Å². The van der Waals surface area contributed by atoms with Gasteiger partial charge in [-0.2, -0.15) is 0 Å². The van der Waals surface area contributed by atoms with Crippen LogP contribution in [-0.4, -0.2) is 33.1 Å². The van der Waals surface area contributed by atoms with Gasteiger partial charge in [0.05, 0.1) is 22.8 Å². The predicted molar refractivity (Wildman–Crippen MR) is 96.9 cm³/mol. The number of H-pyrrole nitrogens is 1. The predicted octanol–water partition coefficient (Wildman–Crippen LogP) is 4.02. The zero-order chi connectivity index (χ0) is 16.4. The molecule has 122 valence electrons. The maximum atomic E-state index is 12.7. The van der Waals surface area contributed by atoms with E-state index in [0.717, 1.165) is 35.6 Å². The molecule has 0 saturated carbocycles. The molecule has 3 aromatic rings. The summed E-state index contributed by atoms with van der Waals surface area (Å²) in [7, 11) is 0. The summed E-state index contributed by atoms with van der Waals surface area (Å²) in [6.45, 7) is 0.846. The minimum Gasteiger partial charge on any atom is -0.335 e. The third-order valence-corrected chi connectivity index (χ3v) is 5.32. The molecule has 0 aliphatic carbocycles. The van der Waals surface area contributed by atoms with E-state index in [9.17, 15) is 4.79 Å². The van der Waals surface area contributed by atoms with E-state index in [2.05, 4.69) is 22.1 Å². The van der Waals surface area contributed by atoms with Gasteiger partial charge in [0, 0.05) is 6.54 Å². The summed E-state index contributed by atoms with van der Waals surface area (Å²) in [5, 5.41) is 0.806. The molecule has 2 heterocycles. The first-order valence-electron chi connectivity index (χ1n) is 8.23. The van der Waals surface area contributed by atoms with Gasteiger partial charge in [-0.25, -0.2) is 4.98 Å². The largest absolute Gasteiger partial charge is 0.335 e. The number of likely N-dealkylation sites (tertiary alicyclic amines) is 1. The summed E-state index contributed by atoms with van der Waals surface area (Å²) in [5.41, 5.74) is 3.18. The monoisotopic (exact) mass is 337 g/mol. The molecule has 24 heavy (non-hydrogen) atoms. The summed E-state index contributed by atoms with van der Waals surface area (Å²) >= 11 is 1.48. The van der Waals surface area contributed by atoms with Crippen molar-refractivity contribution in [3.8, 4) is 0 Å². The molecule has 5 heteroatoms. The van der Waals surface area contributed by atoms with Crippen LogP contribution in [0.2, 0.25) is 0 Å². The van der Waals surface area contributed by atoms with E-state index in [-0.39, 0.29) is 11.9 Å². The van der Waals surface area contributed by atoms with Crippen molar-refractivity contribution in [2.45, 2.75) is 24.0 Å². The SMILES string of the molecule is O=C(CSc1nc2ccccc2[nH]1)N1CCCC1c1ccccc1. The van der Waals surface area contributed by atoms with Crippen LogP contribution in [0.25, 0.3) is 11.0 Å². The lowest BCUT2D eigenvalue weighted by Crippen LogP contribution is -2.31. The number of imidazole rings is 1. The molecule has 1 aliphatic rings. The molecule has 0 bridgehead atoms. The Morgan fingerprint density at radius 3 is 2.79 bits per heavy atom. The Morgan fingerprint density at radius 1 is 1.17 bits per heavy atom. The number of aromatic amines is 1. The van der Waals surface area contributed by atoms with Gasteiger partial charge in [0.25, 0.3) is 0 Å². The van der Waals surface area contributed by atoms with E-state index in [0.29, 0.717) is 5.75 Å². The van der Waals surface area contributed by atoms with Gasteiger partial charge in [-0.15, -0.1) is 0 Å². The first-order valence-corrected chi connectivity index (χ1v) is 9.22. The molecule has 0 spiro atoms. The highest BCUT2D eigenvalue weighted by Crippen LogP contribution is 2.32. The van der Waals surface area contributed by atoms with Gasteiger partial charge in [0.15, 0.2) is 5.16 Å². The lowest BCUT2D eigenvalue weighted by molar-refractivity contribution is -0.129. The number of para-hydroxylation sites is 2. The molecule has 0 radical (unpaired) electrons. The maximum Gasteiger partial charge on any atom is 0.233 e. The molecule has 1 atom stereocenters. The smallest absolute Gasteiger partial charge is 0.233 e. The minimum absolute atomic E-state index is 0.187. The lowest BCUT2D eigenvalue weighted by Gasteiger charge is -2.24. The molecule has 1 amide bonds. The van der Waals surface area contributed by atoms with Crippen molar-refractivity contribution in [2.75, 3.05) is 12.3 Å². The van der Waals surface area contributed by atoms with Crippen molar-refractivity contribution >= 4 is 28.7 Å². The number of nitrogens with zero attached hydrogens (tertiary/aromatic N) is 2. The van der Waals surface area contributed by atoms with Gasteiger partial charge in [-0.3, -0.25) is 4.79 Å². The highest BCUT2D eigenvalue weighted by Gasteiger charge is 2.29. The molecule has 1 aromatic heterocycles. The van der Waals surface area contributed by atoms with Gasteiger partial charge >= 0.3 is 0 Å². The number of carbonyl (C=O) groups excluding carboxylic acids is 1. The fourth-order valence-corrected chi connectivity index (χ4v) is 4.07. The molecule has 4 rings (SSSR count). The number of carbonyl (C=O) groups is 1. The van der Waals surface area contributed by atoms with Gasteiger partial charge in [-0.05, 0) is 30.5 Å². The summed E-state index contributed by atoms with van der Waals surface area (Å²) in [6, 6.07) is 18.5. The van der Waals surface area contributed by atoms with Crippen molar-refractivity contribution in [3.63, 3.8) is 0 Å². The topological polar surface area (TPSA) is 49.0 Å². The average Bonchev–Trinajstić information content (AvgIpc) is 3.27. The van der Waals surface area contributed by atoms with Crippen LogP contribution in [-0.2, 0) is 4.79 Å². The van der Waals surface area contributed by atoms with Crippen LogP contribution in [0.1, 0.15) is 24.4 Å². The third kappa shape index (κ3) is 3.04. The first kappa shape index (κ1) is 15.3. The molecule has 1 saturated heterocycles. The fraction of sp³-hybridized carbons (Fsp3) is 0.263. The second kappa shape index (κ2) is 6.69.